The van der Waals surface area contributed by atoms with E-state index in [-0.39, 0.29) is 6.61 Å². The van der Waals surface area contributed by atoms with E-state index in [0.717, 1.165) is 23.1 Å². The fraction of sp³-hybridized carbons (Fsp3) is 0.154. The van der Waals surface area contributed by atoms with E-state index in [4.69, 9.17) is 25.8 Å². The van der Waals surface area contributed by atoms with Crippen molar-refractivity contribution in [3.8, 4) is 17.2 Å². The quantitative estimate of drug-likeness (QED) is 0.241. The van der Waals surface area contributed by atoms with Gasteiger partial charge < -0.3 is 14.2 Å². The summed E-state index contributed by atoms with van der Waals surface area (Å²) in [6.45, 7) is 3.95. The molecule has 3 aromatic carbocycles. The molecule has 0 saturated carbocycles. The summed E-state index contributed by atoms with van der Waals surface area (Å²) in [5.41, 5.74) is 5.29. The van der Waals surface area contributed by atoms with Crippen molar-refractivity contribution in [3.05, 3.63) is 101 Å². The molecule has 170 valence electrons. The highest BCUT2D eigenvalue weighted by Crippen LogP contribution is 2.28. The van der Waals surface area contributed by atoms with Crippen LogP contribution in [0, 0.1) is 0 Å². The summed E-state index contributed by atoms with van der Waals surface area (Å²) in [6.07, 6.45) is 4.07. The minimum Gasteiger partial charge on any atom is -0.493 e. The zero-order valence-corrected chi connectivity index (χ0v) is 19.0. The number of rotatable bonds is 11. The van der Waals surface area contributed by atoms with E-state index >= 15 is 0 Å². The fourth-order valence-corrected chi connectivity index (χ4v) is 3.04. The van der Waals surface area contributed by atoms with Gasteiger partial charge >= 0.3 is 0 Å². The number of hydrogen-bond donors (Lipinski definition) is 1. The van der Waals surface area contributed by atoms with Crippen LogP contribution in [0.25, 0.3) is 0 Å². The normalized spacial score (nSPS) is 10.6. The number of hydrazone groups is 1. The van der Waals surface area contributed by atoms with Crippen molar-refractivity contribution < 1.29 is 19.0 Å². The molecule has 0 saturated heterocycles. The maximum absolute atomic E-state index is 12.1. The first kappa shape index (κ1) is 23.9. The van der Waals surface area contributed by atoms with Crippen molar-refractivity contribution in [2.75, 3.05) is 13.7 Å². The van der Waals surface area contributed by atoms with Crippen molar-refractivity contribution >= 4 is 23.7 Å². The van der Waals surface area contributed by atoms with Gasteiger partial charge in [0, 0.05) is 5.02 Å². The van der Waals surface area contributed by atoms with Crippen LogP contribution >= 0.6 is 11.6 Å². The van der Waals surface area contributed by atoms with E-state index in [0.29, 0.717) is 28.9 Å². The summed E-state index contributed by atoms with van der Waals surface area (Å²) in [7, 11) is 1.55. The van der Waals surface area contributed by atoms with Crippen LogP contribution in [0.3, 0.4) is 0 Å². The third kappa shape index (κ3) is 7.70. The minimum atomic E-state index is -0.390. The van der Waals surface area contributed by atoms with E-state index in [1.165, 1.54) is 6.21 Å². The van der Waals surface area contributed by atoms with E-state index in [1.54, 1.807) is 13.2 Å². The monoisotopic (exact) mass is 464 g/mol. The molecule has 0 spiro atoms. The maximum atomic E-state index is 12.1. The van der Waals surface area contributed by atoms with Crippen LogP contribution < -0.4 is 19.6 Å². The Bertz CT molecular complexity index is 1110. The van der Waals surface area contributed by atoms with Gasteiger partial charge in [0.05, 0.1) is 13.3 Å². The van der Waals surface area contributed by atoms with Gasteiger partial charge in [-0.15, -0.1) is 6.58 Å². The molecule has 3 rings (SSSR count). The lowest BCUT2D eigenvalue weighted by Crippen LogP contribution is -2.24. The molecule has 33 heavy (non-hydrogen) atoms. The predicted molar refractivity (Wildman–Crippen MR) is 130 cm³/mol. The summed E-state index contributed by atoms with van der Waals surface area (Å²) in [5, 5.41) is 4.67. The predicted octanol–water partition coefficient (Wildman–Crippen LogP) is 5.19. The molecule has 0 aromatic heterocycles. The average molecular weight is 465 g/mol. The van der Waals surface area contributed by atoms with E-state index in [2.05, 4.69) is 17.1 Å². The van der Waals surface area contributed by atoms with Crippen LogP contribution in [0.1, 0.15) is 16.7 Å². The number of hydrogen-bond acceptors (Lipinski definition) is 5. The molecule has 0 heterocycles. The van der Waals surface area contributed by atoms with Crippen molar-refractivity contribution in [1.82, 2.24) is 5.43 Å². The molecule has 0 radical (unpaired) electrons. The Morgan fingerprint density at radius 2 is 1.82 bits per heavy atom. The molecule has 0 bridgehead atoms. The molecule has 6 nitrogen and oxygen atoms in total. The van der Waals surface area contributed by atoms with Crippen LogP contribution in [-0.4, -0.2) is 25.8 Å². The molecule has 1 amide bonds. The van der Waals surface area contributed by atoms with Gasteiger partial charge in [0.15, 0.2) is 18.1 Å². The van der Waals surface area contributed by atoms with Crippen LogP contribution in [0.4, 0.5) is 0 Å². The molecule has 0 unspecified atom stereocenters. The van der Waals surface area contributed by atoms with E-state index in [9.17, 15) is 4.79 Å². The van der Waals surface area contributed by atoms with Gasteiger partial charge in [-0.1, -0.05) is 48.0 Å². The van der Waals surface area contributed by atoms with E-state index in [1.807, 2.05) is 66.7 Å². The van der Waals surface area contributed by atoms with Gasteiger partial charge in [0.2, 0.25) is 0 Å². The number of benzene rings is 3. The van der Waals surface area contributed by atoms with Crippen molar-refractivity contribution in [2.45, 2.75) is 13.0 Å². The lowest BCUT2D eigenvalue weighted by molar-refractivity contribution is -0.123. The van der Waals surface area contributed by atoms with E-state index < -0.39 is 5.91 Å². The van der Waals surface area contributed by atoms with Crippen LogP contribution in [0.2, 0.25) is 5.02 Å². The lowest BCUT2D eigenvalue weighted by atomic mass is 10.1. The number of allylic oxidation sites excluding steroid dienone is 1. The van der Waals surface area contributed by atoms with Crippen molar-refractivity contribution in [2.24, 2.45) is 5.10 Å². The van der Waals surface area contributed by atoms with Crippen molar-refractivity contribution in [3.63, 3.8) is 0 Å². The van der Waals surface area contributed by atoms with Crippen molar-refractivity contribution in [1.29, 1.82) is 0 Å². The number of nitrogens with zero attached hydrogens (tertiary/aromatic N) is 1. The molecule has 7 heteroatoms. The lowest BCUT2D eigenvalue weighted by Gasteiger charge is -2.11. The van der Waals surface area contributed by atoms with Gasteiger partial charge in [-0.25, -0.2) is 5.43 Å². The van der Waals surface area contributed by atoms with Gasteiger partial charge in [-0.3, -0.25) is 4.79 Å². The second kappa shape index (κ2) is 12.3. The van der Waals surface area contributed by atoms with Crippen LogP contribution in [-0.2, 0) is 17.8 Å². The molecular weight excluding hydrogens is 440 g/mol. The summed E-state index contributed by atoms with van der Waals surface area (Å²) < 4.78 is 16.7. The third-order valence-corrected chi connectivity index (χ3v) is 4.80. The molecule has 3 aromatic rings. The highest BCUT2D eigenvalue weighted by molar-refractivity contribution is 6.30. The standard InChI is InChI=1S/C26H25ClN2O4/c1-3-5-19-10-13-24(25(15-19)31-2)33-18-26(30)29-28-16-21-6-4-7-23(14-21)32-17-20-8-11-22(27)12-9-20/h3-4,6-16H,1,5,17-18H2,2H3,(H,29,30)/b28-16+. The van der Waals surface area contributed by atoms with Gasteiger partial charge in [-0.2, -0.15) is 5.10 Å². The highest BCUT2D eigenvalue weighted by atomic mass is 35.5. The summed E-state index contributed by atoms with van der Waals surface area (Å²) in [4.78, 5) is 12.1. The second-order valence-electron chi connectivity index (χ2n) is 7.05. The fourth-order valence-electron chi connectivity index (χ4n) is 2.91. The van der Waals surface area contributed by atoms with Gasteiger partial charge in [-0.05, 0) is 59.5 Å². The molecule has 0 aliphatic heterocycles. The van der Waals surface area contributed by atoms with Crippen LogP contribution in [0.15, 0.2) is 84.5 Å². The summed E-state index contributed by atoms with van der Waals surface area (Å²) in [6, 6.07) is 20.4. The van der Waals surface area contributed by atoms with Gasteiger partial charge in [0.1, 0.15) is 12.4 Å². The second-order valence-corrected chi connectivity index (χ2v) is 7.48. The van der Waals surface area contributed by atoms with Gasteiger partial charge in [0.25, 0.3) is 5.91 Å². The Balaban J connectivity index is 1.48. The number of nitrogens with one attached hydrogen (secondary N) is 1. The number of halogens is 1. The number of ether oxygens (including phenoxy) is 3. The van der Waals surface area contributed by atoms with Crippen LogP contribution in [0.5, 0.6) is 17.2 Å². The Hall–Kier alpha value is -3.77. The zero-order chi connectivity index (χ0) is 23.5. The molecule has 0 aliphatic carbocycles. The number of carbonyl (C=O) groups is 1. The number of carbonyl (C=O) groups excluding carboxylic acids is 1. The first-order valence-electron chi connectivity index (χ1n) is 10.3. The Morgan fingerprint density at radius 1 is 1.03 bits per heavy atom. The topological polar surface area (TPSA) is 69.2 Å². The third-order valence-electron chi connectivity index (χ3n) is 4.55. The smallest absolute Gasteiger partial charge is 0.277 e. The highest BCUT2D eigenvalue weighted by Gasteiger charge is 2.08. The summed E-state index contributed by atoms with van der Waals surface area (Å²) >= 11 is 5.90. The first-order valence-corrected chi connectivity index (χ1v) is 10.6. The summed E-state index contributed by atoms with van der Waals surface area (Å²) in [5.74, 6) is 1.34. The Labute approximate surface area is 198 Å². The Kier molecular flexibility index (Phi) is 8.91. The average Bonchev–Trinajstić information content (AvgIpc) is 2.83. The number of methoxy groups -OCH3 is 1. The molecule has 0 aliphatic rings. The SMILES string of the molecule is C=CCc1ccc(OCC(=O)N/N=C/c2cccc(OCc3ccc(Cl)cc3)c2)c(OC)c1. The zero-order valence-electron chi connectivity index (χ0n) is 18.3. The minimum absolute atomic E-state index is 0.196. The molecule has 0 atom stereocenters. The number of amides is 1. The first-order chi connectivity index (χ1) is 16.1. The Morgan fingerprint density at radius 3 is 2.58 bits per heavy atom. The molecule has 1 N–H and O–H groups in total. The largest absolute Gasteiger partial charge is 0.493 e. The maximum Gasteiger partial charge on any atom is 0.277 e. The molecular formula is C26H25ClN2O4. The molecule has 0 fully saturated rings.